The fraction of sp³-hybridized carbons (Fsp3) is 0.600. The van der Waals surface area contributed by atoms with Gasteiger partial charge in [-0.3, -0.25) is 9.48 Å². The molecule has 1 heterocycles. The van der Waals surface area contributed by atoms with Crippen LogP contribution in [-0.4, -0.2) is 21.2 Å². The van der Waals surface area contributed by atoms with E-state index < -0.39 is 0 Å². The van der Waals surface area contributed by atoms with E-state index in [1.807, 2.05) is 27.7 Å². The topological polar surface area (TPSA) is 46.9 Å². The van der Waals surface area contributed by atoms with Crippen LogP contribution in [0.3, 0.4) is 0 Å². The molecule has 4 nitrogen and oxygen atoms in total. The van der Waals surface area contributed by atoms with Crippen molar-refractivity contribution in [2.24, 2.45) is 0 Å². The van der Waals surface area contributed by atoms with E-state index in [1.165, 1.54) is 0 Å². The van der Waals surface area contributed by atoms with Crippen molar-refractivity contribution in [3.63, 3.8) is 0 Å². The number of aromatic nitrogens is 2. The summed E-state index contributed by atoms with van der Waals surface area (Å²) in [6, 6.07) is 1.55. The second-order valence-corrected chi connectivity index (χ2v) is 4.40. The van der Waals surface area contributed by atoms with Gasteiger partial charge in [-0.15, -0.1) is 0 Å². The summed E-state index contributed by atoms with van der Waals surface area (Å²) in [4.78, 5) is 11.7. The molecule has 4 heteroatoms. The molecular formula is C10H17N3O. The summed E-state index contributed by atoms with van der Waals surface area (Å²) >= 11 is 0. The van der Waals surface area contributed by atoms with Crippen molar-refractivity contribution < 1.29 is 4.79 Å². The van der Waals surface area contributed by atoms with Gasteiger partial charge in [-0.2, -0.15) is 5.10 Å². The molecule has 1 N–H and O–H groups in total. The number of carbonyl (C=O) groups excluding carboxylic acids is 1. The fourth-order valence-corrected chi connectivity index (χ4v) is 1.10. The van der Waals surface area contributed by atoms with Crippen molar-refractivity contribution in [3.05, 3.63) is 18.5 Å². The van der Waals surface area contributed by atoms with Gasteiger partial charge in [-0.1, -0.05) is 0 Å². The Hall–Kier alpha value is -1.32. The lowest BCUT2D eigenvalue weighted by molar-refractivity contribution is -0.125. The van der Waals surface area contributed by atoms with Crippen LogP contribution < -0.4 is 5.32 Å². The number of rotatable bonds is 2. The van der Waals surface area contributed by atoms with Crippen LogP contribution in [0.5, 0.6) is 0 Å². The van der Waals surface area contributed by atoms with Crippen LogP contribution in [0.15, 0.2) is 18.5 Å². The maximum Gasteiger partial charge on any atom is 0.244 e. The van der Waals surface area contributed by atoms with Crippen molar-refractivity contribution in [2.75, 3.05) is 0 Å². The standard InChI is InChI=1S/C10H17N3O/c1-8(13-7-5-6-11-13)9(14)12-10(2,3)4/h5-8H,1-4H3,(H,12,14). The first-order chi connectivity index (χ1) is 6.40. The second kappa shape index (κ2) is 3.82. The lowest BCUT2D eigenvalue weighted by Gasteiger charge is -2.23. The van der Waals surface area contributed by atoms with E-state index in [-0.39, 0.29) is 17.5 Å². The van der Waals surface area contributed by atoms with Crippen LogP contribution in [0.2, 0.25) is 0 Å². The Morgan fingerprint density at radius 2 is 2.14 bits per heavy atom. The Labute approximate surface area is 84.3 Å². The molecule has 78 valence electrons. The lowest BCUT2D eigenvalue weighted by Crippen LogP contribution is -2.43. The molecule has 0 saturated heterocycles. The molecule has 0 aliphatic carbocycles. The van der Waals surface area contributed by atoms with E-state index in [9.17, 15) is 4.79 Å². The number of hydrogen-bond donors (Lipinski definition) is 1. The minimum Gasteiger partial charge on any atom is -0.350 e. The highest BCUT2D eigenvalue weighted by atomic mass is 16.2. The summed E-state index contributed by atoms with van der Waals surface area (Å²) in [6.45, 7) is 7.70. The number of nitrogens with one attached hydrogen (secondary N) is 1. The third kappa shape index (κ3) is 2.87. The largest absolute Gasteiger partial charge is 0.350 e. The number of hydrogen-bond acceptors (Lipinski definition) is 2. The Kier molecular flexibility index (Phi) is 2.93. The molecule has 0 fully saturated rings. The SMILES string of the molecule is CC(C(=O)NC(C)(C)C)n1cccn1. The third-order valence-corrected chi connectivity index (χ3v) is 1.80. The Bertz CT molecular complexity index is 298. The normalized spacial score (nSPS) is 13.7. The molecule has 1 rings (SSSR count). The predicted molar refractivity (Wildman–Crippen MR) is 54.8 cm³/mol. The van der Waals surface area contributed by atoms with E-state index in [2.05, 4.69) is 10.4 Å². The molecule has 0 radical (unpaired) electrons. The van der Waals surface area contributed by atoms with Gasteiger partial charge in [0.25, 0.3) is 0 Å². The molecule has 1 atom stereocenters. The van der Waals surface area contributed by atoms with Crippen molar-refractivity contribution in [3.8, 4) is 0 Å². The highest BCUT2D eigenvalue weighted by Crippen LogP contribution is 2.06. The van der Waals surface area contributed by atoms with Gasteiger partial charge in [0.1, 0.15) is 6.04 Å². The van der Waals surface area contributed by atoms with Gasteiger partial charge < -0.3 is 5.32 Å². The third-order valence-electron chi connectivity index (χ3n) is 1.80. The van der Waals surface area contributed by atoms with E-state index in [0.29, 0.717) is 0 Å². The lowest BCUT2D eigenvalue weighted by atomic mass is 10.1. The minimum absolute atomic E-state index is 0.0128. The van der Waals surface area contributed by atoms with Gasteiger partial charge in [-0.25, -0.2) is 0 Å². The van der Waals surface area contributed by atoms with E-state index in [1.54, 1.807) is 23.1 Å². The molecule has 0 aromatic carbocycles. The summed E-state index contributed by atoms with van der Waals surface area (Å²) in [5.74, 6) is -0.0128. The van der Waals surface area contributed by atoms with Gasteiger partial charge in [0.2, 0.25) is 5.91 Å². The average Bonchev–Trinajstić information content (AvgIpc) is 2.51. The monoisotopic (exact) mass is 195 g/mol. The molecule has 0 saturated carbocycles. The highest BCUT2D eigenvalue weighted by molar-refractivity contribution is 5.80. The zero-order chi connectivity index (χ0) is 10.8. The highest BCUT2D eigenvalue weighted by Gasteiger charge is 2.20. The molecule has 0 bridgehead atoms. The number of carbonyl (C=O) groups is 1. The zero-order valence-corrected chi connectivity index (χ0v) is 9.11. The molecule has 1 aromatic rings. The van der Waals surface area contributed by atoms with Crippen LogP contribution in [0.1, 0.15) is 33.7 Å². The summed E-state index contributed by atoms with van der Waals surface area (Å²) in [5, 5.41) is 6.93. The van der Waals surface area contributed by atoms with Crippen molar-refractivity contribution in [1.82, 2.24) is 15.1 Å². The molecule has 0 spiro atoms. The summed E-state index contributed by atoms with van der Waals surface area (Å²) < 4.78 is 1.64. The van der Waals surface area contributed by atoms with E-state index >= 15 is 0 Å². The molecular weight excluding hydrogens is 178 g/mol. The predicted octanol–water partition coefficient (Wildman–Crippen LogP) is 1.36. The fourth-order valence-electron chi connectivity index (χ4n) is 1.10. The zero-order valence-electron chi connectivity index (χ0n) is 9.11. The van der Waals surface area contributed by atoms with Gasteiger partial charge in [0.15, 0.2) is 0 Å². The molecule has 1 amide bonds. The second-order valence-electron chi connectivity index (χ2n) is 4.40. The Morgan fingerprint density at radius 1 is 1.50 bits per heavy atom. The van der Waals surface area contributed by atoms with Crippen LogP contribution in [0.25, 0.3) is 0 Å². The van der Waals surface area contributed by atoms with Gasteiger partial charge >= 0.3 is 0 Å². The number of amides is 1. The van der Waals surface area contributed by atoms with Crippen molar-refractivity contribution >= 4 is 5.91 Å². The minimum atomic E-state index is -0.260. The summed E-state index contributed by atoms with van der Waals surface area (Å²) in [6.07, 6.45) is 3.45. The Morgan fingerprint density at radius 3 is 2.57 bits per heavy atom. The Balaban J connectivity index is 2.63. The first-order valence-electron chi connectivity index (χ1n) is 4.71. The maximum atomic E-state index is 11.7. The summed E-state index contributed by atoms with van der Waals surface area (Å²) in [7, 11) is 0. The average molecular weight is 195 g/mol. The van der Waals surface area contributed by atoms with Crippen LogP contribution in [0, 0.1) is 0 Å². The smallest absolute Gasteiger partial charge is 0.244 e. The molecule has 0 aliphatic rings. The van der Waals surface area contributed by atoms with Crippen molar-refractivity contribution in [2.45, 2.75) is 39.3 Å². The van der Waals surface area contributed by atoms with Gasteiger partial charge in [-0.05, 0) is 33.8 Å². The summed E-state index contributed by atoms with van der Waals surface area (Å²) in [5.41, 5.74) is -0.196. The van der Waals surface area contributed by atoms with E-state index in [4.69, 9.17) is 0 Å². The molecule has 14 heavy (non-hydrogen) atoms. The van der Waals surface area contributed by atoms with Gasteiger partial charge in [0, 0.05) is 17.9 Å². The first kappa shape index (κ1) is 10.8. The van der Waals surface area contributed by atoms with Crippen LogP contribution >= 0.6 is 0 Å². The van der Waals surface area contributed by atoms with Gasteiger partial charge in [0.05, 0.1) is 0 Å². The molecule has 1 aromatic heterocycles. The maximum absolute atomic E-state index is 11.7. The molecule has 1 unspecified atom stereocenters. The quantitative estimate of drug-likeness (QED) is 0.774. The van der Waals surface area contributed by atoms with Crippen LogP contribution in [-0.2, 0) is 4.79 Å². The van der Waals surface area contributed by atoms with Crippen molar-refractivity contribution in [1.29, 1.82) is 0 Å². The first-order valence-corrected chi connectivity index (χ1v) is 4.71. The van der Waals surface area contributed by atoms with E-state index in [0.717, 1.165) is 0 Å². The van der Waals surface area contributed by atoms with Crippen LogP contribution in [0.4, 0.5) is 0 Å². The molecule has 0 aliphatic heterocycles. The number of nitrogens with zero attached hydrogens (tertiary/aromatic N) is 2.